The van der Waals surface area contributed by atoms with Gasteiger partial charge in [0, 0.05) is 25.8 Å². The molecule has 1 fully saturated rings. The van der Waals surface area contributed by atoms with Crippen LogP contribution in [0.15, 0.2) is 24.5 Å². The van der Waals surface area contributed by atoms with Gasteiger partial charge in [-0.15, -0.1) is 0 Å². The summed E-state index contributed by atoms with van der Waals surface area (Å²) in [4.78, 5) is 33.5. The minimum atomic E-state index is -4.53. The highest BCUT2D eigenvalue weighted by atomic mass is 19.4. The Balaban J connectivity index is 1.88. The molecule has 8 nitrogen and oxygen atoms in total. The number of halogens is 3. The molecule has 1 saturated heterocycles. The monoisotopic (exact) mass is 469 g/mol. The second kappa shape index (κ2) is 8.51. The number of amides is 2. The number of pyridine rings is 1. The van der Waals surface area contributed by atoms with E-state index in [0.29, 0.717) is 19.6 Å². The molecule has 0 saturated carbocycles. The number of nitrogens with zero attached hydrogens (tertiary/aromatic N) is 4. The number of aromatic nitrogens is 2. The van der Waals surface area contributed by atoms with E-state index in [1.54, 1.807) is 34.6 Å². The highest BCUT2D eigenvalue weighted by Gasteiger charge is 2.40. The second-order valence-electron chi connectivity index (χ2n) is 9.82. The molecule has 3 rings (SSSR count). The first kappa shape index (κ1) is 24.8. The summed E-state index contributed by atoms with van der Waals surface area (Å²) < 4.78 is 46.9. The number of alkyl halides is 3. The van der Waals surface area contributed by atoms with Crippen LogP contribution in [0.1, 0.15) is 46.0 Å². The Hall–Kier alpha value is -2.82. The minimum absolute atomic E-state index is 0.102. The zero-order valence-electron chi connectivity index (χ0n) is 19.7. The Morgan fingerprint density at radius 1 is 1.15 bits per heavy atom. The van der Waals surface area contributed by atoms with Crippen molar-refractivity contribution in [3.8, 4) is 0 Å². The van der Waals surface area contributed by atoms with E-state index in [-0.39, 0.29) is 11.3 Å². The van der Waals surface area contributed by atoms with Crippen molar-refractivity contribution in [1.82, 2.24) is 24.5 Å². The maximum absolute atomic E-state index is 13.4. The van der Waals surface area contributed by atoms with E-state index in [1.807, 2.05) is 11.9 Å². The first-order chi connectivity index (χ1) is 15.1. The smallest absolute Gasteiger partial charge is 0.418 e. The fourth-order valence-corrected chi connectivity index (χ4v) is 3.85. The first-order valence-electron chi connectivity index (χ1n) is 10.6. The Labute approximate surface area is 190 Å². The van der Waals surface area contributed by atoms with Gasteiger partial charge in [0.2, 0.25) is 5.91 Å². The van der Waals surface area contributed by atoms with E-state index in [9.17, 15) is 22.8 Å². The normalized spacial score (nSPS) is 18.5. The van der Waals surface area contributed by atoms with Crippen LogP contribution in [0.2, 0.25) is 0 Å². The van der Waals surface area contributed by atoms with Crippen LogP contribution >= 0.6 is 0 Å². The highest BCUT2D eigenvalue weighted by molar-refractivity contribution is 5.86. The molecule has 1 aliphatic rings. The van der Waals surface area contributed by atoms with E-state index in [1.165, 1.54) is 21.6 Å². The van der Waals surface area contributed by atoms with Gasteiger partial charge in [0.05, 0.1) is 22.8 Å². The molecule has 2 aromatic rings. The van der Waals surface area contributed by atoms with Crippen molar-refractivity contribution in [3.63, 3.8) is 0 Å². The molecule has 2 aromatic heterocycles. The summed E-state index contributed by atoms with van der Waals surface area (Å²) in [7, 11) is 1.85. The summed E-state index contributed by atoms with van der Waals surface area (Å²) in [5, 5.41) is 2.87. The van der Waals surface area contributed by atoms with Crippen molar-refractivity contribution in [2.75, 3.05) is 26.7 Å². The topological polar surface area (TPSA) is 79.2 Å². The molecule has 0 aromatic carbocycles. The summed E-state index contributed by atoms with van der Waals surface area (Å²) >= 11 is 0. The number of imidazole rings is 1. The maximum Gasteiger partial charge on any atom is 0.418 e. The predicted molar refractivity (Wildman–Crippen MR) is 116 cm³/mol. The van der Waals surface area contributed by atoms with E-state index in [0.717, 1.165) is 12.3 Å². The fourth-order valence-electron chi connectivity index (χ4n) is 3.85. The van der Waals surface area contributed by atoms with Crippen LogP contribution in [-0.2, 0) is 21.2 Å². The van der Waals surface area contributed by atoms with Crippen molar-refractivity contribution >= 4 is 17.5 Å². The van der Waals surface area contributed by atoms with Gasteiger partial charge in [-0.25, -0.2) is 9.78 Å². The highest BCUT2D eigenvalue weighted by Crippen LogP contribution is 2.34. The lowest BCUT2D eigenvalue weighted by Crippen LogP contribution is -2.62. The summed E-state index contributed by atoms with van der Waals surface area (Å²) in [5.41, 5.74) is -2.75. The molecule has 1 aliphatic heterocycles. The molecule has 3 heterocycles. The van der Waals surface area contributed by atoms with Crippen molar-refractivity contribution in [3.05, 3.63) is 35.9 Å². The lowest BCUT2D eigenvalue weighted by atomic mass is 10.0. The number of ether oxygens (including phenoxy) is 1. The molecule has 0 bridgehead atoms. The van der Waals surface area contributed by atoms with Crippen molar-refractivity contribution in [2.24, 2.45) is 0 Å². The van der Waals surface area contributed by atoms with Crippen LogP contribution in [0.5, 0.6) is 0 Å². The van der Waals surface area contributed by atoms with Crippen molar-refractivity contribution < 1.29 is 27.5 Å². The van der Waals surface area contributed by atoms with Gasteiger partial charge in [0.1, 0.15) is 17.5 Å². The van der Waals surface area contributed by atoms with Crippen LogP contribution in [0.3, 0.4) is 0 Å². The quantitative estimate of drug-likeness (QED) is 0.747. The average molecular weight is 470 g/mol. The Kier molecular flexibility index (Phi) is 6.40. The third kappa shape index (κ3) is 5.40. The predicted octanol–water partition coefficient (Wildman–Crippen LogP) is 3.26. The number of nitrogens with one attached hydrogen (secondary N) is 1. The molecule has 0 radical (unpaired) electrons. The van der Waals surface area contributed by atoms with Gasteiger partial charge in [-0.1, -0.05) is 0 Å². The van der Waals surface area contributed by atoms with Gasteiger partial charge in [0.25, 0.3) is 0 Å². The zero-order chi connectivity index (χ0) is 24.8. The number of piperazine rings is 1. The number of hydrogen-bond acceptors (Lipinski definition) is 5. The number of carbonyl (C=O) groups excluding carboxylic acids is 2. The summed E-state index contributed by atoms with van der Waals surface area (Å²) in [5.74, 6) is -0.203. The molecule has 0 unspecified atom stereocenters. The SMILES string of the molecule is CN1CCN(C(=O)OC(C)(C)C)[C@H](C(=O)NC(C)(C)c2ncc3c(C(F)(F)F)cccn23)C1. The van der Waals surface area contributed by atoms with E-state index in [4.69, 9.17) is 4.74 Å². The standard InChI is InChI=1S/C22H30F3N5O3/c1-20(2,3)33-19(32)30-11-10-28(6)13-16(30)17(31)27-21(4,5)18-26-12-15-14(22(23,24)25)8-7-9-29(15)18/h7-9,12,16H,10-11,13H2,1-6H3,(H,27,31)/t16-/m0/s1. The minimum Gasteiger partial charge on any atom is -0.444 e. The van der Waals surface area contributed by atoms with Gasteiger partial charge < -0.3 is 19.4 Å². The van der Waals surface area contributed by atoms with Crippen LogP contribution in [-0.4, -0.2) is 69.5 Å². The average Bonchev–Trinajstić information content (AvgIpc) is 3.10. The third-order valence-electron chi connectivity index (χ3n) is 5.39. The maximum atomic E-state index is 13.4. The Bertz CT molecular complexity index is 1040. The molecular weight excluding hydrogens is 439 g/mol. The fraction of sp³-hybridized carbons (Fsp3) is 0.591. The number of fused-ring (bicyclic) bond motifs is 1. The largest absolute Gasteiger partial charge is 0.444 e. The van der Waals surface area contributed by atoms with E-state index in [2.05, 4.69) is 10.3 Å². The van der Waals surface area contributed by atoms with Crippen LogP contribution in [0, 0.1) is 0 Å². The molecule has 2 amide bonds. The van der Waals surface area contributed by atoms with Gasteiger partial charge in [0.15, 0.2) is 0 Å². The molecule has 33 heavy (non-hydrogen) atoms. The molecular formula is C22H30F3N5O3. The van der Waals surface area contributed by atoms with Gasteiger partial charge in [-0.05, 0) is 53.8 Å². The van der Waals surface area contributed by atoms with Crippen LogP contribution < -0.4 is 5.32 Å². The van der Waals surface area contributed by atoms with Gasteiger partial charge in [-0.3, -0.25) is 9.69 Å². The summed E-state index contributed by atoms with van der Waals surface area (Å²) in [6, 6.07) is 1.46. The van der Waals surface area contributed by atoms with Gasteiger partial charge >= 0.3 is 12.3 Å². The number of likely N-dealkylation sites (N-methyl/N-ethyl adjacent to an activating group) is 1. The van der Waals surface area contributed by atoms with Gasteiger partial charge in [-0.2, -0.15) is 13.2 Å². The van der Waals surface area contributed by atoms with Crippen LogP contribution in [0.25, 0.3) is 5.52 Å². The van der Waals surface area contributed by atoms with Crippen molar-refractivity contribution in [1.29, 1.82) is 0 Å². The third-order valence-corrected chi connectivity index (χ3v) is 5.39. The first-order valence-corrected chi connectivity index (χ1v) is 10.6. The number of rotatable bonds is 3. The van der Waals surface area contributed by atoms with Crippen LogP contribution in [0.4, 0.5) is 18.0 Å². The molecule has 0 spiro atoms. The number of hydrogen-bond donors (Lipinski definition) is 1. The lowest BCUT2D eigenvalue weighted by Gasteiger charge is -2.40. The summed E-state index contributed by atoms with van der Waals surface area (Å²) in [6.45, 7) is 9.74. The molecule has 182 valence electrons. The zero-order valence-corrected chi connectivity index (χ0v) is 19.7. The van der Waals surface area contributed by atoms with E-state index >= 15 is 0 Å². The summed E-state index contributed by atoms with van der Waals surface area (Å²) in [6.07, 6.45) is -2.50. The Morgan fingerprint density at radius 2 is 1.82 bits per heavy atom. The lowest BCUT2D eigenvalue weighted by molar-refractivity contribution is -0.136. The van der Waals surface area contributed by atoms with Crippen molar-refractivity contribution in [2.45, 2.75) is 58.0 Å². The van der Waals surface area contributed by atoms with E-state index < -0.39 is 40.9 Å². The number of carbonyl (C=O) groups is 2. The molecule has 11 heteroatoms. The second-order valence-corrected chi connectivity index (χ2v) is 9.82. The molecule has 1 N–H and O–H groups in total. The molecule has 0 aliphatic carbocycles. The Morgan fingerprint density at radius 3 is 2.42 bits per heavy atom. The molecule has 1 atom stereocenters.